The maximum absolute atomic E-state index is 5.20. The first-order valence-electron chi connectivity index (χ1n) is 6.60. The van der Waals surface area contributed by atoms with E-state index in [1.807, 2.05) is 30.1 Å². The standard InChI is InChI=1S/C15H21N3O/c1-4-9-16-15(13-10-17-18(2)11-13)12-5-7-14(19-3)8-6-12/h5-8,10-11,15-16H,4,9H2,1-3H3. The number of methoxy groups -OCH3 is 1. The molecule has 0 fully saturated rings. The van der Waals surface area contributed by atoms with Gasteiger partial charge in [0.05, 0.1) is 19.3 Å². The molecule has 2 aromatic rings. The predicted octanol–water partition coefficient (Wildman–Crippen LogP) is 2.52. The summed E-state index contributed by atoms with van der Waals surface area (Å²) in [6, 6.07) is 8.36. The lowest BCUT2D eigenvalue weighted by molar-refractivity contribution is 0.414. The monoisotopic (exact) mass is 259 g/mol. The molecule has 0 aliphatic rings. The minimum absolute atomic E-state index is 0.180. The number of aryl methyl sites for hydroxylation is 1. The van der Waals surface area contributed by atoms with Crippen molar-refractivity contribution in [3.05, 3.63) is 47.8 Å². The fourth-order valence-electron chi connectivity index (χ4n) is 2.10. The van der Waals surface area contributed by atoms with Gasteiger partial charge >= 0.3 is 0 Å². The summed E-state index contributed by atoms with van der Waals surface area (Å²) in [6.07, 6.45) is 5.07. The van der Waals surface area contributed by atoms with Gasteiger partial charge in [-0.2, -0.15) is 5.10 Å². The van der Waals surface area contributed by atoms with Gasteiger partial charge in [0.1, 0.15) is 5.75 Å². The molecule has 0 bridgehead atoms. The van der Waals surface area contributed by atoms with Crippen LogP contribution in [0.5, 0.6) is 5.75 Å². The third kappa shape index (κ3) is 3.35. The van der Waals surface area contributed by atoms with Crippen LogP contribution in [0.3, 0.4) is 0 Å². The van der Waals surface area contributed by atoms with Crippen LogP contribution in [0.25, 0.3) is 0 Å². The lowest BCUT2D eigenvalue weighted by atomic mass is 10.0. The summed E-state index contributed by atoms with van der Waals surface area (Å²) in [5, 5.41) is 7.82. The number of nitrogens with zero attached hydrogens (tertiary/aromatic N) is 2. The molecule has 0 amide bonds. The van der Waals surface area contributed by atoms with Crippen molar-refractivity contribution in [1.82, 2.24) is 15.1 Å². The maximum Gasteiger partial charge on any atom is 0.118 e. The molecular weight excluding hydrogens is 238 g/mol. The molecule has 0 aliphatic carbocycles. The minimum Gasteiger partial charge on any atom is -0.497 e. The van der Waals surface area contributed by atoms with Crippen molar-refractivity contribution >= 4 is 0 Å². The molecule has 1 aromatic carbocycles. The number of hydrogen-bond donors (Lipinski definition) is 1. The van der Waals surface area contributed by atoms with E-state index in [4.69, 9.17) is 4.74 Å². The molecule has 0 radical (unpaired) electrons. The zero-order valence-corrected chi connectivity index (χ0v) is 11.8. The van der Waals surface area contributed by atoms with E-state index in [9.17, 15) is 0 Å². The van der Waals surface area contributed by atoms with Crippen molar-refractivity contribution in [1.29, 1.82) is 0 Å². The van der Waals surface area contributed by atoms with E-state index in [2.05, 4.69) is 35.7 Å². The highest BCUT2D eigenvalue weighted by molar-refractivity contribution is 5.34. The maximum atomic E-state index is 5.20. The Bertz CT molecular complexity index is 504. The van der Waals surface area contributed by atoms with E-state index in [1.54, 1.807) is 7.11 Å². The molecule has 4 nitrogen and oxygen atoms in total. The average molecular weight is 259 g/mol. The Balaban J connectivity index is 2.25. The molecule has 0 aliphatic heterocycles. The van der Waals surface area contributed by atoms with Gasteiger partial charge in [-0.15, -0.1) is 0 Å². The van der Waals surface area contributed by atoms with Gasteiger partial charge in [-0.3, -0.25) is 4.68 Å². The van der Waals surface area contributed by atoms with Gasteiger partial charge in [-0.1, -0.05) is 19.1 Å². The molecule has 1 atom stereocenters. The van der Waals surface area contributed by atoms with Crippen LogP contribution >= 0.6 is 0 Å². The average Bonchev–Trinajstić information content (AvgIpc) is 2.86. The van der Waals surface area contributed by atoms with E-state index in [-0.39, 0.29) is 6.04 Å². The Kier molecular flexibility index (Phi) is 4.58. The van der Waals surface area contributed by atoms with Crippen LogP contribution in [0, 0.1) is 0 Å². The Morgan fingerprint density at radius 2 is 2.00 bits per heavy atom. The third-order valence-corrected chi connectivity index (χ3v) is 3.11. The van der Waals surface area contributed by atoms with Gasteiger partial charge in [0.15, 0.2) is 0 Å². The van der Waals surface area contributed by atoms with E-state index in [0.29, 0.717) is 0 Å². The first-order valence-corrected chi connectivity index (χ1v) is 6.60. The minimum atomic E-state index is 0.180. The second-order valence-corrected chi connectivity index (χ2v) is 4.61. The number of nitrogens with one attached hydrogen (secondary N) is 1. The second kappa shape index (κ2) is 6.38. The number of benzene rings is 1. The quantitative estimate of drug-likeness (QED) is 0.866. The highest BCUT2D eigenvalue weighted by Crippen LogP contribution is 2.23. The Hall–Kier alpha value is -1.81. The number of aromatic nitrogens is 2. The van der Waals surface area contributed by atoms with Gasteiger partial charge in [-0.25, -0.2) is 0 Å². The van der Waals surface area contributed by atoms with Crippen LogP contribution in [-0.4, -0.2) is 23.4 Å². The molecule has 1 aromatic heterocycles. The fraction of sp³-hybridized carbons (Fsp3) is 0.400. The molecule has 1 N–H and O–H groups in total. The summed E-state index contributed by atoms with van der Waals surface area (Å²) in [7, 11) is 3.62. The first-order chi connectivity index (χ1) is 9.24. The topological polar surface area (TPSA) is 39.1 Å². The van der Waals surface area contributed by atoms with Gasteiger partial charge in [-0.05, 0) is 30.7 Å². The Labute approximate surface area is 114 Å². The summed E-state index contributed by atoms with van der Waals surface area (Å²) < 4.78 is 7.04. The summed E-state index contributed by atoms with van der Waals surface area (Å²) in [5.74, 6) is 0.879. The molecule has 2 rings (SSSR count). The van der Waals surface area contributed by atoms with Crippen molar-refractivity contribution < 1.29 is 4.74 Å². The number of rotatable bonds is 6. The molecule has 4 heteroatoms. The molecule has 1 heterocycles. The van der Waals surface area contributed by atoms with Crippen LogP contribution in [0.1, 0.15) is 30.5 Å². The number of ether oxygens (including phenoxy) is 1. The summed E-state index contributed by atoms with van der Waals surface area (Å²) >= 11 is 0. The lowest BCUT2D eigenvalue weighted by Crippen LogP contribution is -2.22. The van der Waals surface area contributed by atoms with Crippen LogP contribution in [-0.2, 0) is 7.05 Å². The van der Waals surface area contributed by atoms with E-state index in [0.717, 1.165) is 18.7 Å². The third-order valence-electron chi connectivity index (χ3n) is 3.11. The molecule has 102 valence electrons. The SMILES string of the molecule is CCCNC(c1ccc(OC)cc1)c1cnn(C)c1. The summed E-state index contributed by atoms with van der Waals surface area (Å²) in [4.78, 5) is 0. The fourth-order valence-corrected chi connectivity index (χ4v) is 2.10. The predicted molar refractivity (Wildman–Crippen MR) is 76.3 cm³/mol. The van der Waals surface area contributed by atoms with Crippen molar-refractivity contribution in [2.75, 3.05) is 13.7 Å². The van der Waals surface area contributed by atoms with Gasteiger partial charge in [0.25, 0.3) is 0 Å². The van der Waals surface area contributed by atoms with E-state index in [1.165, 1.54) is 11.1 Å². The van der Waals surface area contributed by atoms with Gasteiger partial charge in [0, 0.05) is 18.8 Å². The highest BCUT2D eigenvalue weighted by Gasteiger charge is 2.14. The largest absolute Gasteiger partial charge is 0.497 e. The van der Waals surface area contributed by atoms with E-state index >= 15 is 0 Å². The molecule has 0 saturated carbocycles. The van der Waals surface area contributed by atoms with Crippen molar-refractivity contribution in [2.24, 2.45) is 7.05 Å². The normalized spacial score (nSPS) is 12.4. The molecule has 1 unspecified atom stereocenters. The Morgan fingerprint density at radius 1 is 1.26 bits per heavy atom. The summed E-state index contributed by atoms with van der Waals surface area (Å²) in [5.41, 5.74) is 2.41. The smallest absolute Gasteiger partial charge is 0.118 e. The zero-order chi connectivity index (χ0) is 13.7. The molecule has 0 saturated heterocycles. The number of hydrogen-bond acceptors (Lipinski definition) is 3. The highest BCUT2D eigenvalue weighted by atomic mass is 16.5. The van der Waals surface area contributed by atoms with Crippen LogP contribution < -0.4 is 10.1 Å². The second-order valence-electron chi connectivity index (χ2n) is 4.61. The van der Waals surface area contributed by atoms with E-state index < -0.39 is 0 Å². The van der Waals surface area contributed by atoms with Crippen LogP contribution in [0.15, 0.2) is 36.7 Å². The first kappa shape index (κ1) is 13.6. The summed E-state index contributed by atoms with van der Waals surface area (Å²) in [6.45, 7) is 3.15. The van der Waals surface area contributed by atoms with Crippen molar-refractivity contribution in [3.8, 4) is 5.75 Å². The van der Waals surface area contributed by atoms with Gasteiger partial charge < -0.3 is 10.1 Å². The lowest BCUT2D eigenvalue weighted by Gasteiger charge is -2.18. The van der Waals surface area contributed by atoms with Crippen LogP contribution in [0.2, 0.25) is 0 Å². The van der Waals surface area contributed by atoms with Gasteiger partial charge in [0.2, 0.25) is 0 Å². The molecule has 19 heavy (non-hydrogen) atoms. The molecule has 0 spiro atoms. The van der Waals surface area contributed by atoms with Crippen molar-refractivity contribution in [2.45, 2.75) is 19.4 Å². The zero-order valence-electron chi connectivity index (χ0n) is 11.8. The van der Waals surface area contributed by atoms with Crippen LogP contribution in [0.4, 0.5) is 0 Å². The van der Waals surface area contributed by atoms with Crippen molar-refractivity contribution in [3.63, 3.8) is 0 Å². The molecular formula is C15H21N3O. The Morgan fingerprint density at radius 3 is 2.53 bits per heavy atom.